The quantitative estimate of drug-likeness (QED) is 0.846. The predicted molar refractivity (Wildman–Crippen MR) is 93.7 cm³/mol. The van der Waals surface area contributed by atoms with E-state index in [1.807, 2.05) is 24.3 Å². The van der Waals surface area contributed by atoms with Crippen LogP contribution in [0.1, 0.15) is 10.4 Å². The van der Waals surface area contributed by atoms with Gasteiger partial charge in [-0.3, -0.25) is 0 Å². The highest BCUT2D eigenvalue weighted by Gasteiger charge is 2.21. The SMILES string of the molecule is Nc1ccc(N2CCN(c3cccc(Cl)c3)CC2)c(C(=O)O)c1. The van der Waals surface area contributed by atoms with Crippen LogP contribution < -0.4 is 15.5 Å². The number of carboxylic acid groups (broad SMARTS) is 1. The van der Waals surface area contributed by atoms with E-state index < -0.39 is 5.97 Å². The molecule has 0 atom stereocenters. The van der Waals surface area contributed by atoms with Gasteiger partial charge in [-0.25, -0.2) is 4.79 Å². The zero-order valence-electron chi connectivity index (χ0n) is 12.6. The van der Waals surface area contributed by atoms with Gasteiger partial charge >= 0.3 is 5.97 Å². The molecule has 0 spiro atoms. The Balaban J connectivity index is 1.76. The zero-order chi connectivity index (χ0) is 16.4. The Bertz CT molecular complexity index is 728. The molecular weight excluding hydrogens is 314 g/mol. The molecule has 120 valence electrons. The fourth-order valence-corrected chi connectivity index (χ4v) is 3.06. The fourth-order valence-electron chi connectivity index (χ4n) is 2.88. The number of halogens is 1. The lowest BCUT2D eigenvalue weighted by atomic mass is 10.1. The van der Waals surface area contributed by atoms with Crippen molar-refractivity contribution in [1.82, 2.24) is 0 Å². The Morgan fingerprint density at radius 3 is 2.39 bits per heavy atom. The van der Waals surface area contributed by atoms with Crippen LogP contribution in [0.15, 0.2) is 42.5 Å². The van der Waals surface area contributed by atoms with Crippen molar-refractivity contribution in [3.05, 3.63) is 53.1 Å². The van der Waals surface area contributed by atoms with Crippen LogP contribution in [0.4, 0.5) is 17.1 Å². The normalized spacial score (nSPS) is 14.8. The number of carboxylic acids is 1. The maximum absolute atomic E-state index is 11.4. The monoisotopic (exact) mass is 331 g/mol. The summed E-state index contributed by atoms with van der Waals surface area (Å²) >= 11 is 6.04. The van der Waals surface area contributed by atoms with E-state index in [0.717, 1.165) is 42.6 Å². The Morgan fingerprint density at radius 2 is 1.74 bits per heavy atom. The molecule has 1 fully saturated rings. The van der Waals surface area contributed by atoms with E-state index >= 15 is 0 Å². The van der Waals surface area contributed by atoms with Crippen molar-refractivity contribution in [2.75, 3.05) is 41.7 Å². The minimum absolute atomic E-state index is 0.251. The molecule has 0 amide bonds. The van der Waals surface area contributed by atoms with Crippen molar-refractivity contribution in [3.8, 4) is 0 Å². The third kappa shape index (κ3) is 3.35. The number of aromatic carboxylic acids is 1. The van der Waals surface area contributed by atoms with Gasteiger partial charge in [0.05, 0.1) is 11.3 Å². The van der Waals surface area contributed by atoms with Gasteiger partial charge in [-0.05, 0) is 36.4 Å². The van der Waals surface area contributed by atoms with Crippen molar-refractivity contribution in [1.29, 1.82) is 0 Å². The van der Waals surface area contributed by atoms with Crippen molar-refractivity contribution >= 4 is 34.6 Å². The summed E-state index contributed by atoms with van der Waals surface area (Å²) in [5.74, 6) is -0.954. The molecule has 0 radical (unpaired) electrons. The van der Waals surface area contributed by atoms with Gasteiger partial charge in [0.2, 0.25) is 0 Å². The first-order valence-electron chi connectivity index (χ1n) is 7.43. The van der Waals surface area contributed by atoms with Crippen LogP contribution in [0.3, 0.4) is 0 Å². The molecule has 3 rings (SSSR count). The molecule has 1 aliphatic heterocycles. The highest BCUT2D eigenvalue weighted by Crippen LogP contribution is 2.26. The van der Waals surface area contributed by atoms with Crippen molar-refractivity contribution < 1.29 is 9.90 Å². The van der Waals surface area contributed by atoms with Gasteiger partial charge in [0.15, 0.2) is 0 Å². The number of hydrogen-bond donors (Lipinski definition) is 2. The number of hydrogen-bond acceptors (Lipinski definition) is 4. The predicted octanol–water partition coefficient (Wildman–Crippen LogP) is 2.95. The fraction of sp³-hybridized carbons (Fsp3) is 0.235. The Labute approximate surface area is 139 Å². The molecule has 0 unspecified atom stereocenters. The summed E-state index contributed by atoms with van der Waals surface area (Å²) in [6, 6.07) is 12.8. The average molecular weight is 332 g/mol. The largest absolute Gasteiger partial charge is 0.478 e. The highest BCUT2D eigenvalue weighted by atomic mass is 35.5. The number of nitrogens with zero attached hydrogens (tertiary/aromatic N) is 2. The summed E-state index contributed by atoms with van der Waals surface area (Å²) in [4.78, 5) is 15.8. The molecular formula is C17H18ClN3O2. The Hall–Kier alpha value is -2.40. The number of piperazine rings is 1. The molecule has 0 saturated carbocycles. The molecule has 2 aromatic rings. The van der Waals surface area contributed by atoms with Gasteiger partial charge in [0, 0.05) is 42.6 Å². The van der Waals surface area contributed by atoms with E-state index in [2.05, 4.69) is 9.80 Å². The first-order chi connectivity index (χ1) is 11.0. The van der Waals surface area contributed by atoms with Gasteiger partial charge in [0.1, 0.15) is 0 Å². The van der Waals surface area contributed by atoms with Crippen LogP contribution in [-0.4, -0.2) is 37.3 Å². The maximum atomic E-state index is 11.4. The average Bonchev–Trinajstić information content (AvgIpc) is 2.55. The van der Waals surface area contributed by atoms with Crippen LogP contribution in [0.25, 0.3) is 0 Å². The van der Waals surface area contributed by atoms with Gasteiger partial charge in [-0.2, -0.15) is 0 Å². The number of nitrogen functional groups attached to an aromatic ring is 1. The molecule has 23 heavy (non-hydrogen) atoms. The minimum atomic E-state index is -0.954. The minimum Gasteiger partial charge on any atom is -0.478 e. The number of nitrogens with two attached hydrogens (primary N) is 1. The zero-order valence-corrected chi connectivity index (χ0v) is 13.3. The second-order valence-electron chi connectivity index (χ2n) is 5.54. The van der Waals surface area contributed by atoms with Gasteiger partial charge in [-0.1, -0.05) is 17.7 Å². The lowest BCUT2D eigenvalue weighted by Gasteiger charge is -2.38. The molecule has 3 N–H and O–H groups in total. The number of carbonyl (C=O) groups is 1. The molecule has 2 aromatic carbocycles. The standard InChI is InChI=1S/C17H18ClN3O2/c18-12-2-1-3-14(10-12)20-6-8-21(9-7-20)16-5-4-13(19)11-15(16)17(22)23/h1-5,10-11H,6-9,19H2,(H,22,23). The molecule has 1 heterocycles. The summed E-state index contributed by atoms with van der Waals surface area (Å²) in [6.07, 6.45) is 0. The highest BCUT2D eigenvalue weighted by molar-refractivity contribution is 6.30. The molecule has 1 saturated heterocycles. The second kappa shape index (κ2) is 6.38. The summed E-state index contributed by atoms with van der Waals surface area (Å²) in [5.41, 5.74) is 8.23. The van der Waals surface area contributed by atoms with Crippen LogP contribution in [-0.2, 0) is 0 Å². The molecule has 0 bridgehead atoms. The van der Waals surface area contributed by atoms with Crippen LogP contribution in [0.5, 0.6) is 0 Å². The lowest BCUT2D eigenvalue weighted by Crippen LogP contribution is -2.47. The maximum Gasteiger partial charge on any atom is 0.337 e. The summed E-state index contributed by atoms with van der Waals surface area (Å²) in [5, 5.41) is 10.1. The smallest absolute Gasteiger partial charge is 0.337 e. The number of anilines is 3. The van der Waals surface area contributed by atoms with E-state index in [1.54, 1.807) is 12.1 Å². The van der Waals surface area contributed by atoms with Gasteiger partial charge in [0.25, 0.3) is 0 Å². The third-order valence-electron chi connectivity index (χ3n) is 4.04. The number of benzene rings is 2. The van der Waals surface area contributed by atoms with Crippen LogP contribution in [0, 0.1) is 0 Å². The first-order valence-corrected chi connectivity index (χ1v) is 7.80. The number of rotatable bonds is 3. The molecule has 0 aromatic heterocycles. The Kier molecular flexibility index (Phi) is 4.30. The lowest BCUT2D eigenvalue weighted by molar-refractivity contribution is 0.0697. The van der Waals surface area contributed by atoms with E-state index in [4.69, 9.17) is 17.3 Å². The summed E-state index contributed by atoms with van der Waals surface area (Å²) in [7, 11) is 0. The molecule has 1 aliphatic rings. The van der Waals surface area contributed by atoms with E-state index in [-0.39, 0.29) is 5.56 Å². The van der Waals surface area contributed by atoms with Crippen LogP contribution in [0.2, 0.25) is 5.02 Å². The second-order valence-corrected chi connectivity index (χ2v) is 5.97. The molecule has 5 nitrogen and oxygen atoms in total. The topological polar surface area (TPSA) is 69.8 Å². The molecule has 6 heteroatoms. The van der Waals surface area contributed by atoms with Crippen molar-refractivity contribution in [2.24, 2.45) is 0 Å². The molecule has 0 aliphatic carbocycles. The van der Waals surface area contributed by atoms with Gasteiger partial charge in [-0.15, -0.1) is 0 Å². The van der Waals surface area contributed by atoms with E-state index in [0.29, 0.717) is 5.69 Å². The Morgan fingerprint density at radius 1 is 1.04 bits per heavy atom. The first kappa shape index (κ1) is 15.5. The summed E-state index contributed by atoms with van der Waals surface area (Å²) in [6.45, 7) is 3.11. The van der Waals surface area contributed by atoms with Crippen molar-refractivity contribution in [3.63, 3.8) is 0 Å². The van der Waals surface area contributed by atoms with Gasteiger partial charge < -0.3 is 20.6 Å². The van der Waals surface area contributed by atoms with E-state index in [1.165, 1.54) is 6.07 Å². The third-order valence-corrected chi connectivity index (χ3v) is 4.28. The van der Waals surface area contributed by atoms with Crippen LogP contribution >= 0.6 is 11.6 Å². The summed E-state index contributed by atoms with van der Waals surface area (Å²) < 4.78 is 0. The van der Waals surface area contributed by atoms with E-state index in [9.17, 15) is 9.90 Å². The van der Waals surface area contributed by atoms with Crippen molar-refractivity contribution in [2.45, 2.75) is 0 Å².